The van der Waals surface area contributed by atoms with Gasteiger partial charge in [0.25, 0.3) is 0 Å². The maximum absolute atomic E-state index is 12.2. The molecule has 1 aromatic carbocycles. The maximum Gasteiger partial charge on any atom is 0.404 e. The Kier molecular flexibility index (Phi) is 5.13. The Labute approximate surface area is 111 Å². The minimum absolute atomic E-state index is 0.389. The average Bonchev–Trinajstić information content (AvgIpc) is 2.26. The van der Waals surface area contributed by atoms with Gasteiger partial charge < -0.3 is 4.74 Å². The summed E-state index contributed by atoms with van der Waals surface area (Å²) < 4.78 is 41.7. The highest BCUT2D eigenvalue weighted by Crippen LogP contribution is 2.28. The summed E-state index contributed by atoms with van der Waals surface area (Å²) in [4.78, 5) is -1.67. The number of rotatable bonds is 4. The van der Waals surface area contributed by atoms with E-state index in [1.165, 1.54) is 0 Å². The smallest absolute Gasteiger partial charge is 0.404 e. The Bertz CT molecular complexity index is 381. The number of halogens is 5. The molecule has 0 aromatic heterocycles. The van der Waals surface area contributed by atoms with Gasteiger partial charge in [0.1, 0.15) is 17.2 Å². The second-order valence-electron chi connectivity index (χ2n) is 3.43. The van der Waals surface area contributed by atoms with Crippen LogP contribution in [-0.2, 0) is 6.42 Å². The van der Waals surface area contributed by atoms with E-state index < -0.39 is 17.6 Å². The molecule has 0 aliphatic carbocycles. The summed E-state index contributed by atoms with van der Waals surface area (Å²) in [6.45, 7) is 1.45. The van der Waals surface area contributed by atoms with Gasteiger partial charge in [-0.25, -0.2) is 0 Å². The van der Waals surface area contributed by atoms with E-state index in [1.807, 2.05) is 6.92 Å². The molecule has 1 atom stereocenters. The molecule has 0 amide bonds. The van der Waals surface area contributed by atoms with Crippen molar-refractivity contribution in [3.05, 3.63) is 28.8 Å². The SMILES string of the molecule is CCc1cc(OCC(Br)C(F)(F)F)ccc1Cl. The van der Waals surface area contributed by atoms with Crippen molar-refractivity contribution >= 4 is 27.5 Å². The van der Waals surface area contributed by atoms with Gasteiger partial charge in [0.15, 0.2) is 0 Å². The first-order valence-electron chi connectivity index (χ1n) is 4.96. The highest BCUT2D eigenvalue weighted by molar-refractivity contribution is 9.09. The van der Waals surface area contributed by atoms with Crippen LogP contribution in [0.5, 0.6) is 5.75 Å². The van der Waals surface area contributed by atoms with Crippen LogP contribution >= 0.6 is 27.5 Å². The lowest BCUT2D eigenvalue weighted by molar-refractivity contribution is -0.132. The molecule has 0 heterocycles. The van der Waals surface area contributed by atoms with E-state index in [-0.39, 0.29) is 0 Å². The minimum Gasteiger partial charge on any atom is -0.492 e. The van der Waals surface area contributed by atoms with Crippen LogP contribution < -0.4 is 4.74 Å². The van der Waals surface area contributed by atoms with Crippen LogP contribution in [0.2, 0.25) is 5.02 Å². The van der Waals surface area contributed by atoms with Crippen LogP contribution in [0.15, 0.2) is 18.2 Å². The first kappa shape index (κ1) is 14.6. The minimum atomic E-state index is -4.31. The molecule has 0 fully saturated rings. The van der Waals surface area contributed by atoms with Crippen molar-refractivity contribution in [3.8, 4) is 5.75 Å². The summed E-state index contributed by atoms with van der Waals surface area (Å²) in [5.74, 6) is 0.389. The zero-order valence-electron chi connectivity index (χ0n) is 9.02. The molecular weight excluding hydrogens is 320 g/mol. The lowest BCUT2D eigenvalue weighted by Gasteiger charge is -2.15. The molecule has 0 aliphatic heterocycles. The first-order chi connectivity index (χ1) is 7.84. The Morgan fingerprint density at radius 2 is 2.06 bits per heavy atom. The molecule has 96 valence electrons. The van der Waals surface area contributed by atoms with Gasteiger partial charge in [-0.15, -0.1) is 0 Å². The van der Waals surface area contributed by atoms with E-state index in [0.717, 1.165) is 5.56 Å². The van der Waals surface area contributed by atoms with E-state index >= 15 is 0 Å². The van der Waals surface area contributed by atoms with Crippen LogP contribution in [-0.4, -0.2) is 17.6 Å². The third kappa shape index (κ3) is 4.39. The molecule has 1 rings (SSSR count). The second-order valence-corrected chi connectivity index (χ2v) is 4.94. The van der Waals surface area contributed by atoms with Gasteiger partial charge in [-0.1, -0.05) is 34.5 Å². The van der Waals surface area contributed by atoms with Crippen LogP contribution in [0.3, 0.4) is 0 Å². The van der Waals surface area contributed by atoms with Gasteiger partial charge in [0, 0.05) is 5.02 Å². The molecule has 0 radical (unpaired) electrons. The number of alkyl halides is 4. The van der Waals surface area contributed by atoms with Crippen molar-refractivity contribution < 1.29 is 17.9 Å². The monoisotopic (exact) mass is 330 g/mol. The summed E-state index contributed by atoms with van der Waals surface area (Å²) in [7, 11) is 0. The fourth-order valence-electron chi connectivity index (χ4n) is 1.18. The van der Waals surface area contributed by atoms with Crippen LogP contribution in [0.25, 0.3) is 0 Å². The Morgan fingerprint density at radius 3 is 2.59 bits per heavy atom. The molecule has 1 aromatic rings. The van der Waals surface area contributed by atoms with Crippen molar-refractivity contribution in [1.29, 1.82) is 0 Å². The van der Waals surface area contributed by atoms with Crippen molar-refractivity contribution in [2.75, 3.05) is 6.61 Å². The normalized spacial score (nSPS) is 13.5. The van der Waals surface area contributed by atoms with E-state index in [9.17, 15) is 13.2 Å². The molecule has 1 unspecified atom stereocenters. The second kappa shape index (κ2) is 5.96. The van der Waals surface area contributed by atoms with Crippen LogP contribution in [0, 0.1) is 0 Å². The van der Waals surface area contributed by atoms with E-state index in [0.29, 0.717) is 17.2 Å². The first-order valence-corrected chi connectivity index (χ1v) is 6.26. The van der Waals surface area contributed by atoms with Crippen molar-refractivity contribution in [2.45, 2.75) is 24.3 Å². The summed E-state index contributed by atoms with van der Waals surface area (Å²) in [5, 5.41) is 0.589. The molecular formula is C11H11BrClF3O. The number of hydrogen-bond donors (Lipinski definition) is 0. The zero-order valence-corrected chi connectivity index (χ0v) is 11.4. The van der Waals surface area contributed by atoms with Gasteiger partial charge in [0.2, 0.25) is 0 Å². The topological polar surface area (TPSA) is 9.23 Å². The average molecular weight is 332 g/mol. The molecule has 0 bridgehead atoms. The fourth-order valence-corrected chi connectivity index (χ4v) is 1.56. The summed E-state index contributed by atoms with van der Waals surface area (Å²) in [6.07, 6.45) is -3.60. The molecule has 6 heteroatoms. The van der Waals surface area contributed by atoms with E-state index in [4.69, 9.17) is 16.3 Å². The van der Waals surface area contributed by atoms with Gasteiger partial charge >= 0.3 is 6.18 Å². The lowest BCUT2D eigenvalue weighted by Crippen LogP contribution is -2.28. The van der Waals surface area contributed by atoms with Crippen LogP contribution in [0.1, 0.15) is 12.5 Å². The van der Waals surface area contributed by atoms with Crippen LogP contribution in [0.4, 0.5) is 13.2 Å². The predicted molar refractivity (Wildman–Crippen MR) is 65.1 cm³/mol. The van der Waals surface area contributed by atoms with E-state index in [2.05, 4.69) is 15.9 Å². The Hall–Kier alpha value is -0.420. The molecule has 0 saturated heterocycles. The van der Waals surface area contributed by atoms with Crippen molar-refractivity contribution in [2.24, 2.45) is 0 Å². The van der Waals surface area contributed by atoms with Gasteiger partial charge in [-0.2, -0.15) is 13.2 Å². The lowest BCUT2D eigenvalue weighted by atomic mass is 10.1. The summed E-state index contributed by atoms with van der Waals surface area (Å²) in [6, 6.07) is 4.82. The predicted octanol–water partition coefficient (Wildman–Crippen LogP) is 4.61. The van der Waals surface area contributed by atoms with E-state index in [1.54, 1.807) is 18.2 Å². The summed E-state index contributed by atoms with van der Waals surface area (Å²) in [5.41, 5.74) is 0.849. The third-order valence-electron chi connectivity index (χ3n) is 2.15. The molecule has 17 heavy (non-hydrogen) atoms. The molecule has 0 spiro atoms. The molecule has 0 saturated carbocycles. The molecule has 0 aliphatic rings. The highest BCUT2D eigenvalue weighted by Gasteiger charge is 2.38. The zero-order chi connectivity index (χ0) is 13.1. The van der Waals surface area contributed by atoms with Gasteiger partial charge in [-0.3, -0.25) is 0 Å². The number of aryl methyl sites for hydroxylation is 1. The largest absolute Gasteiger partial charge is 0.492 e. The third-order valence-corrected chi connectivity index (χ3v) is 3.30. The van der Waals surface area contributed by atoms with Crippen molar-refractivity contribution in [1.82, 2.24) is 0 Å². The number of hydrogen-bond acceptors (Lipinski definition) is 1. The summed E-state index contributed by atoms with van der Waals surface area (Å²) >= 11 is 8.42. The fraction of sp³-hybridized carbons (Fsp3) is 0.455. The maximum atomic E-state index is 12.2. The van der Waals surface area contributed by atoms with Gasteiger partial charge in [0.05, 0.1) is 0 Å². The Morgan fingerprint density at radius 1 is 1.41 bits per heavy atom. The standard InChI is InChI=1S/C11H11BrClF3O/c1-2-7-5-8(3-4-9(7)13)17-6-10(12)11(14,15)16/h3-5,10H,2,6H2,1H3. The van der Waals surface area contributed by atoms with Crippen molar-refractivity contribution in [3.63, 3.8) is 0 Å². The molecule has 0 N–H and O–H groups in total. The number of ether oxygens (including phenoxy) is 1. The van der Waals surface area contributed by atoms with Gasteiger partial charge in [-0.05, 0) is 30.2 Å². The highest BCUT2D eigenvalue weighted by atomic mass is 79.9. The quantitative estimate of drug-likeness (QED) is 0.732. The Balaban J connectivity index is 2.64. The molecule has 1 nitrogen and oxygen atoms in total. The number of benzene rings is 1.